The van der Waals surface area contributed by atoms with Crippen molar-refractivity contribution in [1.29, 1.82) is 0 Å². The number of aliphatic hydroxyl groups is 1. The predicted octanol–water partition coefficient (Wildman–Crippen LogP) is 2.10. The zero-order chi connectivity index (χ0) is 15.9. The van der Waals surface area contributed by atoms with E-state index in [0.29, 0.717) is 17.7 Å². The summed E-state index contributed by atoms with van der Waals surface area (Å²) in [5.74, 6) is 5.87. The summed E-state index contributed by atoms with van der Waals surface area (Å²) in [5.41, 5.74) is 0.559. The number of thioether (sulfide) groups is 1. The highest BCUT2D eigenvalue weighted by Crippen LogP contribution is 2.23. The summed E-state index contributed by atoms with van der Waals surface area (Å²) in [7, 11) is -3.65. The van der Waals surface area contributed by atoms with E-state index < -0.39 is 10.0 Å². The lowest BCUT2D eigenvalue weighted by molar-refractivity contribution is 0.350. The third-order valence-electron chi connectivity index (χ3n) is 2.72. The fourth-order valence-electron chi connectivity index (χ4n) is 1.66. The van der Waals surface area contributed by atoms with Gasteiger partial charge in [-0.05, 0) is 30.9 Å². The van der Waals surface area contributed by atoms with Crippen LogP contribution in [-0.2, 0) is 10.0 Å². The van der Waals surface area contributed by atoms with Crippen LogP contribution in [0.5, 0.6) is 0 Å². The smallest absolute Gasteiger partial charge is 0.242 e. The van der Waals surface area contributed by atoms with Crippen LogP contribution in [0.1, 0.15) is 18.9 Å². The Balaban J connectivity index is 3.03. The first kappa shape index (κ1) is 18.3. The van der Waals surface area contributed by atoms with E-state index in [-0.39, 0.29) is 22.6 Å². The molecule has 116 valence electrons. The fraction of sp³-hybridized carbons (Fsp3) is 0.429. The van der Waals surface area contributed by atoms with Gasteiger partial charge in [-0.25, -0.2) is 13.1 Å². The molecule has 0 bridgehead atoms. The molecule has 0 spiro atoms. The van der Waals surface area contributed by atoms with Crippen molar-refractivity contribution in [1.82, 2.24) is 4.72 Å². The molecule has 4 nitrogen and oxygen atoms in total. The molecular formula is C14H18ClNO3S2. The Labute approximate surface area is 135 Å². The van der Waals surface area contributed by atoms with Crippen molar-refractivity contribution in [3.63, 3.8) is 0 Å². The minimum absolute atomic E-state index is 0.0401. The molecule has 0 aliphatic rings. The molecule has 0 fully saturated rings. The summed E-state index contributed by atoms with van der Waals surface area (Å²) in [6.07, 6.45) is 2.64. The molecule has 1 aromatic rings. The van der Waals surface area contributed by atoms with Crippen molar-refractivity contribution in [3.8, 4) is 11.8 Å². The van der Waals surface area contributed by atoms with Crippen LogP contribution in [0.15, 0.2) is 23.1 Å². The lowest BCUT2D eigenvalue weighted by Gasteiger charge is -2.16. The minimum Gasteiger partial charge on any atom is -0.384 e. The zero-order valence-electron chi connectivity index (χ0n) is 11.9. The zero-order valence-corrected chi connectivity index (χ0v) is 14.3. The van der Waals surface area contributed by atoms with E-state index in [4.69, 9.17) is 16.7 Å². The third-order valence-corrected chi connectivity index (χ3v) is 5.45. The van der Waals surface area contributed by atoms with Gasteiger partial charge in [-0.15, -0.1) is 0 Å². The number of hydrogen-bond acceptors (Lipinski definition) is 4. The summed E-state index contributed by atoms with van der Waals surface area (Å²) < 4.78 is 27.3. The van der Waals surface area contributed by atoms with Crippen LogP contribution in [0.25, 0.3) is 0 Å². The van der Waals surface area contributed by atoms with Crippen LogP contribution in [0, 0.1) is 11.8 Å². The van der Waals surface area contributed by atoms with Crippen molar-refractivity contribution in [2.24, 2.45) is 0 Å². The highest BCUT2D eigenvalue weighted by atomic mass is 35.5. The first-order chi connectivity index (χ1) is 9.94. The van der Waals surface area contributed by atoms with Crippen molar-refractivity contribution >= 4 is 33.4 Å². The maximum Gasteiger partial charge on any atom is 0.242 e. The van der Waals surface area contributed by atoms with E-state index in [1.54, 1.807) is 17.8 Å². The Morgan fingerprint density at radius 1 is 1.48 bits per heavy atom. The van der Waals surface area contributed by atoms with Gasteiger partial charge in [-0.3, -0.25) is 0 Å². The second-order valence-corrected chi connectivity index (χ2v) is 7.29. The number of nitrogens with one attached hydrogen (secondary N) is 1. The van der Waals surface area contributed by atoms with E-state index in [1.165, 1.54) is 12.1 Å². The molecule has 1 aromatic carbocycles. The molecule has 0 saturated heterocycles. The molecule has 2 N–H and O–H groups in total. The van der Waals surface area contributed by atoms with Crippen molar-refractivity contribution < 1.29 is 13.5 Å². The molecule has 1 rings (SSSR count). The molecule has 0 heterocycles. The van der Waals surface area contributed by atoms with Gasteiger partial charge in [0.1, 0.15) is 11.5 Å². The standard InChI is InChI=1S/C14H18ClNO3S2/c1-3-12(10-20-2)16-21(18,19)14-7-6-11(5-4-8-17)9-13(14)15/h6-7,9,12,16-17H,3,8,10H2,1-2H3. The highest BCUT2D eigenvalue weighted by Gasteiger charge is 2.21. The molecule has 0 saturated carbocycles. The molecule has 1 unspecified atom stereocenters. The van der Waals surface area contributed by atoms with Crippen LogP contribution in [-0.4, -0.2) is 38.2 Å². The van der Waals surface area contributed by atoms with Crippen molar-refractivity contribution in [3.05, 3.63) is 28.8 Å². The van der Waals surface area contributed by atoms with Gasteiger partial charge < -0.3 is 5.11 Å². The van der Waals surface area contributed by atoms with Crippen LogP contribution < -0.4 is 4.72 Å². The van der Waals surface area contributed by atoms with E-state index in [2.05, 4.69) is 16.6 Å². The van der Waals surface area contributed by atoms with Gasteiger partial charge in [0, 0.05) is 17.4 Å². The minimum atomic E-state index is -3.65. The maximum absolute atomic E-state index is 12.3. The number of rotatable bonds is 6. The first-order valence-corrected chi connectivity index (χ1v) is 9.60. The summed E-state index contributed by atoms with van der Waals surface area (Å²) in [6.45, 7) is 1.67. The summed E-state index contributed by atoms with van der Waals surface area (Å²) in [4.78, 5) is 0.0401. The molecule has 7 heteroatoms. The molecule has 0 aliphatic carbocycles. The monoisotopic (exact) mass is 347 g/mol. The SMILES string of the molecule is CCC(CSC)NS(=O)(=O)c1ccc(C#CCO)cc1Cl. The Hall–Kier alpha value is -0.710. The second-order valence-electron chi connectivity index (χ2n) is 4.29. The fourth-order valence-corrected chi connectivity index (χ4v) is 4.35. The Morgan fingerprint density at radius 2 is 2.19 bits per heavy atom. The third kappa shape index (κ3) is 5.53. The Bertz CT molecular complexity index is 635. The number of benzene rings is 1. The van der Waals surface area contributed by atoms with E-state index >= 15 is 0 Å². The van der Waals surface area contributed by atoms with Gasteiger partial charge in [-0.1, -0.05) is 30.4 Å². The largest absolute Gasteiger partial charge is 0.384 e. The van der Waals surface area contributed by atoms with Gasteiger partial charge in [0.05, 0.1) is 5.02 Å². The van der Waals surface area contributed by atoms with Gasteiger partial charge >= 0.3 is 0 Å². The van der Waals surface area contributed by atoms with Crippen LogP contribution in [0.4, 0.5) is 0 Å². The van der Waals surface area contributed by atoms with Crippen LogP contribution in [0.2, 0.25) is 5.02 Å². The van der Waals surface area contributed by atoms with Gasteiger partial charge in [0.15, 0.2) is 0 Å². The van der Waals surface area contributed by atoms with Crippen LogP contribution >= 0.6 is 23.4 Å². The van der Waals surface area contributed by atoms with Gasteiger partial charge in [-0.2, -0.15) is 11.8 Å². The molecule has 0 aromatic heterocycles. The second kappa shape index (κ2) is 8.66. The van der Waals surface area contributed by atoms with E-state index in [1.807, 2.05) is 13.2 Å². The maximum atomic E-state index is 12.3. The molecule has 0 amide bonds. The topological polar surface area (TPSA) is 66.4 Å². The van der Waals surface area contributed by atoms with Gasteiger partial charge in [0.25, 0.3) is 0 Å². The molecule has 21 heavy (non-hydrogen) atoms. The van der Waals surface area contributed by atoms with E-state index in [9.17, 15) is 8.42 Å². The normalized spacial score (nSPS) is 12.6. The van der Waals surface area contributed by atoms with Crippen LogP contribution in [0.3, 0.4) is 0 Å². The van der Waals surface area contributed by atoms with Crippen molar-refractivity contribution in [2.75, 3.05) is 18.6 Å². The Kier molecular flexibility index (Phi) is 7.57. The summed E-state index contributed by atoms with van der Waals surface area (Å²) in [6, 6.07) is 4.35. The Morgan fingerprint density at radius 3 is 2.71 bits per heavy atom. The van der Waals surface area contributed by atoms with Crippen molar-refractivity contribution in [2.45, 2.75) is 24.3 Å². The van der Waals surface area contributed by atoms with E-state index in [0.717, 1.165) is 0 Å². The van der Waals surface area contributed by atoms with Gasteiger partial charge in [0.2, 0.25) is 10.0 Å². The molecule has 0 radical (unpaired) electrons. The molecular weight excluding hydrogens is 330 g/mol. The number of halogens is 1. The number of aliphatic hydroxyl groups excluding tert-OH is 1. The lowest BCUT2D eigenvalue weighted by atomic mass is 10.2. The highest BCUT2D eigenvalue weighted by molar-refractivity contribution is 7.98. The average molecular weight is 348 g/mol. The number of hydrogen-bond donors (Lipinski definition) is 2. The molecule has 1 atom stereocenters. The number of sulfonamides is 1. The average Bonchev–Trinajstić information content (AvgIpc) is 2.44. The lowest BCUT2D eigenvalue weighted by Crippen LogP contribution is -2.36. The first-order valence-electron chi connectivity index (χ1n) is 6.35. The predicted molar refractivity (Wildman–Crippen MR) is 88.2 cm³/mol. The summed E-state index contributed by atoms with van der Waals surface area (Å²) >= 11 is 7.63. The summed E-state index contributed by atoms with van der Waals surface area (Å²) in [5, 5.41) is 8.76. The quantitative estimate of drug-likeness (QED) is 0.773. The molecule has 0 aliphatic heterocycles.